The summed E-state index contributed by atoms with van der Waals surface area (Å²) in [5.74, 6) is 1.39. The van der Waals surface area contributed by atoms with Crippen LogP contribution in [0.2, 0.25) is 5.02 Å². The first-order chi connectivity index (χ1) is 10.7. The Bertz CT molecular complexity index is 826. The van der Waals surface area contributed by atoms with Crippen molar-refractivity contribution in [2.24, 2.45) is 0 Å². The second-order valence-corrected chi connectivity index (χ2v) is 6.35. The first-order valence-corrected chi connectivity index (χ1v) is 8.11. The van der Waals surface area contributed by atoms with Crippen molar-refractivity contribution in [3.05, 3.63) is 69.9 Å². The molecule has 0 spiro atoms. The maximum absolute atomic E-state index is 6.50. The number of benzene rings is 2. The molecular formula is C19H19Cl2NO. The first kappa shape index (κ1) is 16.4. The Morgan fingerprint density at radius 3 is 2.70 bits per heavy atom. The zero-order valence-corrected chi connectivity index (χ0v) is 14.5. The van der Waals surface area contributed by atoms with E-state index in [2.05, 4.69) is 42.6 Å². The van der Waals surface area contributed by atoms with Gasteiger partial charge in [-0.25, -0.2) is 0 Å². The highest BCUT2D eigenvalue weighted by Crippen LogP contribution is 2.37. The molecule has 120 valence electrons. The fraction of sp³-hybridized carbons (Fsp3) is 0.263. The highest BCUT2D eigenvalue weighted by molar-refractivity contribution is 6.35. The molecule has 1 unspecified atom stereocenters. The van der Waals surface area contributed by atoms with E-state index in [0.717, 1.165) is 36.2 Å². The summed E-state index contributed by atoms with van der Waals surface area (Å²) in [7, 11) is 0. The molecule has 1 aliphatic rings. The number of hydrogen-bond donors (Lipinski definition) is 1. The van der Waals surface area contributed by atoms with E-state index < -0.39 is 0 Å². The van der Waals surface area contributed by atoms with E-state index in [-0.39, 0.29) is 12.4 Å². The summed E-state index contributed by atoms with van der Waals surface area (Å²) in [6.07, 6.45) is 0.934. The number of rotatable bonds is 2. The Hall–Kier alpha value is -1.48. The lowest BCUT2D eigenvalue weighted by Crippen LogP contribution is -2.22. The number of hydrogen-bond acceptors (Lipinski definition) is 2. The van der Waals surface area contributed by atoms with E-state index >= 15 is 0 Å². The smallest absolute Gasteiger partial charge is 0.153 e. The SMILES string of the molecule is CC(c1ccccc1)c1cc(Cl)c2oc3c(c2c1)CNCC3.Cl. The predicted molar refractivity (Wildman–Crippen MR) is 97.8 cm³/mol. The summed E-state index contributed by atoms with van der Waals surface area (Å²) in [4.78, 5) is 0. The van der Waals surface area contributed by atoms with E-state index in [1.165, 1.54) is 16.7 Å². The van der Waals surface area contributed by atoms with Crippen LogP contribution in [0.1, 0.15) is 35.3 Å². The van der Waals surface area contributed by atoms with Gasteiger partial charge in [0, 0.05) is 36.4 Å². The van der Waals surface area contributed by atoms with E-state index in [9.17, 15) is 0 Å². The molecule has 1 aliphatic heterocycles. The molecule has 3 aromatic rings. The van der Waals surface area contributed by atoms with Crippen molar-refractivity contribution in [1.82, 2.24) is 5.32 Å². The summed E-state index contributed by atoms with van der Waals surface area (Å²) >= 11 is 6.50. The molecular weight excluding hydrogens is 329 g/mol. The first-order valence-electron chi connectivity index (χ1n) is 7.73. The topological polar surface area (TPSA) is 25.2 Å². The molecule has 2 heterocycles. The summed E-state index contributed by atoms with van der Waals surface area (Å²) in [6.45, 7) is 4.05. The Morgan fingerprint density at radius 2 is 1.91 bits per heavy atom. The van der Waals surface area contributed by atoms with Crippen molar-refractivity contribution in [2.45, 2.75) is 25.8 Å². The van der Waals surface area contributed by atoms with Gasteiger partial charge in [-0.3, -0.25) is 0 Å². The summed E-state index contributed by atoms with van der Waals surface area (Å²) in [5, 5.41) is 5.29. The quantitative estimate of drug-likeness (QED) is 0.679. The van der Waals surface area contributed by atoms with Gasteiger partial charge in [-0.1, -0.05) is 48.9 Å². The zero-order chi connectivity index (χ0) is 15.1. The Balaban J connectivity index is 0.00000156. The maximum Gasteiger partial charge on any atom is 0.153 e. The van der Waals surface area contributed by atoms with Crippen molar-refractivity contribution < 1.29 is 4.42 Å². The zero-order valence-electron chi connectivity index (χ0n) is 12.9. The van der Waals surface area contributed by atoms with Gasteiger partial charge < -0.3 is 9.73 Å². The van der Waals surface area contributed by atoms with Crippen LogP contribution in [-0.4, -0.2) is 6.54 Å². The monoisotopic (exact) mass is 347 g/mol. The standard InChI is InChI=1S/C19H18ClNO.ClH/c1-12(13-5-3-2-4-6-13)14-9-15-16-11-21-8-7-18(16)22-19(15)17(20)10-14;/h2-6,9-10,12,21H,7-8,11H2,1H3;1H. The molecule has 2 nitrogen and oxygen atoms in total. The molecule has 0 fully saturated rings. The molecule has 0 radical (unpaired) electrons. The molecule has 0 amide bonds. The fourth-order valence-electron chi connectivity index (χ4n) is 3.27. The third kappa shape index (κ3) is 2.87. The number of nitrogens with one attached hydrogen (secondary N) is 1. The van der Waals surface area contributed by atoms with Crippen LogP contribution >= 0.6 is 24.0 Å². The lowest BCUT2D eigenvalue weighted by atomic mass is 9.91. The maximum atomic E-state index is 6.50. The van der Waals surface area contributed by atoms with Crippen LogP contribution in [0.3, 0.4) is 0 Å². The Morgan fingerprint density at radius 1 is 1.13 bits per heavy atom. The highest BCUT2D eigenvalue weighted by atomic mass is 35.5. The van der Waals surface area contributed by atoms with Gasteiger partial charge in [0.1, 0.15) is 5.76 Å². The molecule has 0 aliphatic carbocycles. The number of fused-ring (bicyclic) bond motifs is 3. The minimum absolute atomic E-state index is 0. The van der Waals surface area contributed by atoms with Crippen LogP contribution in [0.4, 0.5) is 0 Å². The minimum atomic E-state index is 0. The minimum Gasteiger partial charge on any atom is -0.459 e. The van der Waals surface area contributed by atoms with Gasteiger partial charge in [-0.05, 0) is 23.3 Å². The molecule has 1 N–H and O–H groups in total. The van der Waals surface area contributed by atoms with Crippen molar-refractivity contribution in [3.63, 3.8) is 0 Å². The average molecular weight is 348 g/mol. The summed E-state index contributed by atoms with van der Waals surface area (Å²) < 4.78 is 5.99. The van der Waals surface area contributed by atoms with Gasteiger partial charge in [0.05, 0.1) is 5.02 Å². The second-order valence-electron chi connectivity index (χ2n) is 5.94. The van der Waals surface area contributed by atoms with Crippen molar-refractivity contribution in [2.75, 3.05) is 6.54 Å². The number of furan rings is 1. The second kappa shape index (κ2) is 6.56. The lowest BCUT2D eigenvalue weighted by molar-refractivity contribution is 0.500. The van der Waals surface area contributed by atoms with Crippen LogP contribution in [0.25, 0.3) is 11.0 Å². The van der Waals surface area contributed by atoms with Crippen molar-refractivity contribution >= 4 is 35.0 Å². The van der Waals surface area contributed by atoms with E-state index in [1.807, 2.05) is 12.1 Å². The lowest BCUT2D eigenvalue weighted by Gasteiger charge is -2.14. The Kier molecular flexibility index (Phi) is 4.67. The normalized spacial score (nSPS) is 15.0. The molecule has 1 atom stereocenters. The molecule has 23 heavy (non-hydrogen) atoms. The van der Waals surface area contributed by atoms with Gasteiger partial charge in [0.15, 0.2) is 5.58 Å². The summed E-state index contributed by atoms with van der Waals surface area (Å²) in [6, 6.07) is 14.8. The van der Waals surface area contributed by atoms with Crippen molar-refractivity contribution in [1.29, 1.82) is 0 Å². The summed E-state index contributed by atoms with van der Waals surface area (Å²) in [5.41, 5.74) is 4.64. The molecule has 4 heteroatoms. The van der Waals surface area contributed by atoms with Crippen molar-refractivity contribution in [3.8, 4) is 0 Å². The third-order valence-corrected chi connectivity index (χ3v) is 4.86. The highest BCUT2D eigenvalue weighted by Gasteiger charge is 2.21. The van der Waals surface area contributed by atoms with Gasteiger partial charge in [-0.15, -0.1) is 12.4 Å². The van der Waals surface area contributed by atoms with Crippen LogP contribution < -0.4 is 5.32 Å². The molecule has 4 rings (SSSR count). The third-order valence-electron chi connectivity index (χ3n) is 4.58. The van der Waals surface area contributed by atoms with Gasteiger partial charge >= 0.3 is 0 Å². The van der Waals surface area contributed by atoms with Crippen LogP contribution in [0, 0.1) is 0 Å². The fourth-order valence-corrected chi connectivity index (χ4v) is 3.54. The molecule has 0 saturated heterocycles. The molecule has 2 aromatic carbocycles. The van der Waals surface area contributed by atoms with E-state index in [4.69, 9.17) is 16.0 Å². The predicted octanol–water partition coefficient (Wildman–Crippen LogP) is 5.31. The number of halogens is 2. The van der Waals surface area contributed by atoms with E-state index in [0.29, 0.717) is 10.9 Å². The van der Waals surface area contributed by atoms with Gasteiger partial charge in [0.2, 0.25) is 0 Å². The molecule has 0 bridgehead atoms. The van der Waals surface area contributed by atoms with Crippen LogP contribution in [-0.2, 0) is 13.0 Å². The van der Waals surface area contributed by atoms with Crippen LogP contribution in [0.15, 0.2) is 46.9 Å². The molecule has 0 saturated carbocycles. The molecule has 1 aromatic heterocycles. The van der Waals surface area contributed by atoms with Gasteiger partial charge in [-0.2, -0.15) is 0 Å². The Labute approximate surface area is 147 Å². The van der Waals surface area contributed by atoms with Crippen LogP contribution in [0.5, 0.6) is 0 Å². The van der Waals surface area contributed by atoms with Gasteiger partial charge in [0.25, 0.3) is 0 Å². The average Bonchev–Trinajstić information content (AvgIpc) is 2.94. The largest absolute Gasteiger partial charge is 0.459 e. The van der Waals surface area contributed by atoms with E-state index in [1.54, 1.807) is 0 Å².